The van der Waals surface area contributed by atoms with Gasteiger partial charge in [-0.2, -0.15) is 0 Å². The van der Waals surface area contributed by atoms with Crippen molar-refractivity contribution < 1.29 is 0 Å². The molecule has 3 unspecified atom stereocenters. The second kappa shape index (κ2) is 2.73. The van der Waals surface area contributed by atoms with E-state index in [1.54, 1.807) is 0 Å². The molecule has 0 aromatic carbocycles. The Labute approximate surface area is 75.9 Å². The summed E-state index contributed by atoms with van der Waals surface area (Å²) >= 11 is 0. The molecular formula is C11H21N. The summed E-state index contributed by atoms with van der Waals surface area (Å²) in [5, 5.41) is 3.33. The highest BCUT2D eigenvalue weighted by atomic mass is 14.8. The van der Waals surface area contributed by atoms with Gasteiger partial charge >= 0.3 is 0 Å². The quantitative estimate of drug-likeness (QED) is 0.665. The van der Waals surface area contributed by atoms with Crippen LogP contribution in [-0.4, -0.2) is 13.6 Å². The Morgan fingerprint density at radius 3 is 2.58 bits per heavy atom. The van der Waals surface area contributed by atoms with Gasteiger partial charge in [0.15, 0.2) is 0 Å². The van der Waals surface area contributed by atoms with Crippen LogP contribution < -0.4 is 5.32 Å². The molecule has 0 heterocycles. The van der Waals surface area contributed by atoms with E-state index in [0.717, 1.165) is 17.8 Å². The van der Waals surface area contributed by atoms with E-state index in [0.29, 0.717) is 5.41 Å². The summed E-state index contributed by atoms with van der Waals surface area (Å²) in [5.41, 5.74) is 0.666. The first kappa shape index (κ1) is 8.55. The van der Waals surface area contributed by atoms with Crippen LogP contribution >= 0.6 is 0 Å². The molecule has 3 saturated carbocycles. The zero-order valence-electron chi connectivity index (χ0n) is 8.56. The molecule has 0 aromatic rings. The Balaban J connectivity index is 2.01. The Morgan fingerprint density at radius 2 is 2.08 bits per heavy atom. The van der Waals surface area contributed by atoms with Crippen LogP contribution in [0.1, 0.15) is 33.1 Å². The van der Waals surface area contributed by atoms with E-state index in [1.165, 1.54) is 25.8 Å². The van der Waals surface area contributed by atoms with Crippen molar-refractivity contribution in [2.45, 2.75) is 33.1 Å². The Kier molecular flexibility index (Phi) is 1.95. The van der Waals surface area contributed by atoms with Crippen LogP contribution in [0.2, 0.25) is 0 Å². The highest BCUT2D eigenvalue weighted by molar-refractivity contribution is 5.03. The minimum atomic E-state index is 0.666. The van der Waals surface area contributed by atoms with Crippen molar-refractivity contribution in [1.82, 2.24) is 5.32 Å². The molecule has 12 heavy (non-hydrogen) atoms. The standard InChI is InChI=1S/C11H21N/c1-11(2)9-5-4-8(7-12-3)10(11)6-9/h8-10,12H,4-7H2,1-3H3. The first-order valence-corrected chi connectivity index (χ1v) is 5.31. The van der Waals surface area contributed by atoms with Gasteiger partial charge in [0.1, 0.15) is 0 Å². The number of hydrogen-bond donors (Lipinski definition) is 1. The van der Waals surface area contributed by atoms with Gasteiger partial charge in [0.2, 0.25) is 0 Å². The minimum Gasteiger partial charge on any atom is -0.319 e. The third-order valence-corrected chi connectivity index (χ3v) is 4.47. The van der Waals surface area contributed by atoms with Crippen LogP contribution in [-0.2, 0) is 0 Å². The molecular weight excluding hydrogens is 146 g/mol. The third-order valence-electron chi connectivity index (χ3n) is 4.47. The molecule has 3 aliphatic rings. The van der Waals surface area contributed by atoms with Crippen molar-refractivity contribution in [3.63, 3.8) is 0 Å². The van der Waals surface area contributed by atoms with Gasteiger partial charge in [-0.1, -0.05) is 13.8 Å². The van der Waals surface area contributed by atoms with E-state index >= 15 is 0 Å². The third kappa shape index (κ3) is 1.02. The van der Waals surface area contributed by atoms with Crippen LogP contribution in [0.4, 0.5) is 0 Å². The lowest BCUT2D eigenvalue weighted by molar-refractivity contribution is -0.103. The van der Waals surface area contributed by atoms with E-state index in [1.807, 2.05) is 0 Å². The first-order chi connectivity index (χ1) is 5.66. The second-order valence-electron chi connectivity index (χ2n) is 5.26. The van der Waals surface area contributed by atoms with Gasteiger partial charge in [0, 0.05) is 0 Å². The van der Waals surface area contributed by atoms with Crippen molar-refractivity contribution >= 4 is 0 Å². The van der Waals surface area contributed by atoms with Crippen molar-refractivity contribution in [1.29, 1.82) is 0 Å². The van der Waals surface area contributed by atoms with E-state index in [2.05, 4.69) is 26.2 Å². The van der Waals surface area contributed by atoms with E-state index in [-0.39, 0.29) is 0 Å². The van der Waals surface area contributed by atoms with E-state index in [9.17, 15) is 0 Å². The molecule has 0 aliphatic heterocycles. The summed E-state index contributed by atoms with van der Waals surface area (Å²) in [6.45, 7) is 6.17. The predicted octanol–water partition coefficient (Wildman–Crippen LogP) is 2.28. The highest BCUT2D eigenvalue weighted by Gasteiger charge is 2.53. The fourth-order valence-corrected chi connectivity index (χ4v) is 3.47. The SMILES string of the molecule is CNCC1CCC2CC1C2(C)C. The molecule has 1 N–H and O–H groups in total. The summed E-state index contributed by atoms with van der Waals surface area (Å²) < 4.78 is 0. The molecule has 3 fully saturated rings. The van der Waals surface area contributed by atoms with E-state index in [4.69, 9.17) is 0 Å². The zero-order valence-corrected chi connectivity index (χ0v) is 8.56. The minimum absolute atomic E-state index is 0.666. The predicted molar refractivity (Wildman–Crippen MR) is 52.0 cm³/mol. The molecule has 0 radical (unpaired) electrons. The summed E-state index contributed by atoms with van der Waals surface area (Å²) in [6, 6.07) is 0. The van der Waals surface area contributed by atoms with Gasteiger partial charge in [-0.3, -0.25) is 0 Å². The van der Waals surface area contributed by atoms with Gasteiger partial charge in [-0.15, -0.1) is 0 Å². The monoisotopic (exact) mass is 167 g/mol. The first-order valence-electron chi connectivity index (χ1n) is 5.31. The van der Waals surface area contributed by atoms with Gasteiger partial charge in [0.25, 0.3) is 0 Å². The van der Waals surface area contributed by atoms with Crippen LogP contribution in [0.3, 0.4) is 0 Å². The second-order valence-corrected chi connectivity index (χ2v) is 5.26. The van der Waals surface area contributed by atoms with Gasteiger partial charge < -0.3 is 5.32 Å². The molecule has 0 aromatic heterocycles. The largest absolute Gasteiger partial charge is 0.319 e. The maximum Gasteiger partial charge on any atom is -0.00207 e. The summed E-state index contributed by atoms with van der Waals surface area (Å²) in [7, 11) is 2.08. The average Bonchev–Trinajstić information content (AvgIpc) is 2.05. The number of rotatable bonds is 2. The number of hydrogen-bond acceptors (Lipinski definition) is 1. The lowest BCUT2D eigenvalue weighted by Gasteiger charge is -2.60. The summed E-state index contributed by atoms with van der Waals surface area (Å²) in [5.74, 6) is 3.04. The van der Waals surface area contributed by atoms with Crippen LogP contribution in [0.5, 0.6) is 0 Å². The Hall–Kier alpha value is -0.0400. The topological polar surface area (TPSA) is 12.0 Å². The molecule has 3 rings (SSSR count). The average molecular weight is 167 g/mol. The van der Waals surface area contributed by atoms with Crippen LogP contribution in [0.15, 0.2) is 0 Å². The Morgan fingerprint density at radius 1 is 1.33 bits per heavy atom. The van der Waals surface area contributed by atoms with Crippen LogP contribution in [0.25, 0.3) is 0 Å². The van der Waals surface area contributed by atoms with E-state index < -0.39 is 0 Å². The lowest BCUT2D eigenvalue weighted by Crippen LogP contribution is -2.54. The summed E-state index contributed by atoms with van der Waals surface area (Å²) in [6.07, 6.45) is 4.47. The molecule has 0 amide bonds. The normalized spacial score (nSPS) is 43.8. The smallest absolute Gasteiger partial charge is 0.00207 e. The molecule has 3 atom stereocenters. The van der Waals surface area contributed by atoms with Crippen molar-refractivity contribution in [2.24, 2.45) is 23.2 Å². The van der Waals surface area contributed by atoms with Crippen molar-refractivity contribution in [2.75, 3.05) is 13.6 Å². The maximum absolute atomic E-state index is 3.33. The molecule has 70 valence electrons. The lowest BCUT2D eigenvalue weighted by atomic mass is 9.45. The molecule has 1 heteroatoms. The van der Waals surface area contributed by atoms with Gasteiger partial charge in [0.05, 0.1) is 0 Å². The van der Waals surface area contributed by atoms with Crippen LogP contribution in [0, 0.1) is 23.2 Å². The molecule has 3 aliphatic carbocycles. The Bertz CT molecular complexity index is 170. The molecule has 2 bridgehead atoms. The fourth-order valence-electron chi connectivity index (χ4n) is 3.47. The molecule has 1 nitrogen and oxygen atoms in total. The fraction of sp³-hybridized carbons (Fsp3) is 1.00. The number of nitrogens with one attached hydrogen (secondary N) is 1. The van der Waals surface area contributed by atoms with Gasteiger partial charge in [-0.25, -0.2) is 0 Å². The molecule has 0 spiro atoms. The number of fused-ring (bicyclic) bond motifs is 2. The highest BCUT2D eigenvalue weighted by Crippen LogP contribution is 2.61. The van der Waals surface area contributed by atoms with Crippen molar-refractivity contribution in [3.05, 3.63) is 0 Å². The molecule has 0 saturated heterocycles. The van der Waals surface area contributed by atoms with Gasteiger partial charge in [-0.05, 0) is 56.0 Å². The summed E-state index contributed by atoms with van der Waals surface area (Å²) in [4.78, 5) is 0. The maximum atomic E-state index is 3.33. The zero-order chi connectivity index (χ0) is 8.77. The van der Waals surface area contributed by atoms with Crippen molar-refractivity contribution in [3.8, 4) is 0 Å².